The third-order valence-corrected chi connectivity index (χ3v) is 5.86. The van der Waals surface area contributed by atoms with Crippen LogP contribution < -0.4 is 15.1 Å². The molecule has 4 rings (SSSR count). The molecule has 0 unspecified atom stereocenters. The third kappa shape index (κ3) is 4.36. The lowest BCUT2D eigenvalue weighted by Crippen LogP contribution is -2.35. The van der Waals surface area contributed by atoms with E-state index in [9.17, 15) is 9.18 Å². The van der Waals surface area contributed by atoms with E-state index >= 15 is 0 Å². The molecule has 0 spiro atoms. The van der Waals surface area contributed by atoms with Crippen molar-refractivity contribution in [2.24, 2.45) is 4.99 Å². The Balaban J connectivity index is 1.40. The van der Waals surface area contributed by atoms with E-state index in [1.807, 2.05) is 16.7 Å². The number of furan rings is 1. The first-order valence-electron chi connectivity index (χ1n) is 9.49. The smallest absolute Gasteiger partial charge is 0.414 e. The molecule has 8 nitrogen and oxygen atoms in total. The van der Waals surface area contributed by atoms with Crippen molar-refractivity contribution in [1.29, 1.82) is 5.26 Å². The molecule has 10 heteroatoms. The van der Waals surface area contributed by atoms with Gasteiger partial charge in [0.2, 0.25) is 6.19 Å². The first-order valence-corrected chi connectivity index (χ1v) is 10.6. The first kappa shape index (κ1) is 20.1. The number of rotatable bonds is 5. The van der Waals surface area contributed by atoms with Gasteiger partial charge >= 0.3 is 6.09 Å². The molecule has 1 aromatic heterocycles. The molecule has 1 aromatic carbocycles. The number of amides is 1. The third-order valence-electron chi connectivity index (χ3n) is 4.92. The highest BCUT2D eigenvalue weighted by Crippen LogP contribution is 2.29. The molecule has 2 aromatic rings. The number of nitrogens with one attached hydrogen (secondary N) is 1. The number of aliphatic imine (C=N–C) groups is 1. The van der Waals surface area contributed by atoms with Crippen LogP contribution in [0.15, 0.2) is 46.2 Å². The summed E-state index contributed by atoms with van der Waals surface area (Å²) in [5.74, 6) is 1.93. The number of carbonyl (C=O) groups excluding carboxylic acids is 1. The van der Waals surface area contributed by atoms with E-state index in [2.05, 4.69) is 10.3 Å². The van der Waals surface area contributed by atoms with Gasteiger partial charge in [0.05, 0.1) is 36.3 Å². The van der Waals surface area contributed by atoms with E-state index < -0.39 is 12.2 Å². The number of amidine groups is 1. The summed E-state index contributed by atoms with van der Waals surface area (Å²) in [6, 6.07) is 6.51. The molecule has 2 aliphatic rings. The normalized spacial score (nSPS) is 19.5. The van der Waals surface area contributed by atoms with Crippen LogP contribution in [0.3, 0.4) is 0 Å². The fourth-order valence-corrected chi connectivity index (χ4v) is 4.33. The Kier molecular flexibility index (Phi) is 6.09. The van der Waals surface area contributed by atoms with Crippen LogP contribution in [0.4, 0.5) is 20.6 Å². The molecule has 1 atom stereocenters. The lowest BCUT2D eigenvalue weighted by atomic mass is 10.2. The Morgan fingerprint density at radius 3 is 2.90 bits per heavy atom. The molecule has 0 aliphatic carbocycles. The molecule has 0 bridgehead atoms. The Hall–Kier alpha value is -3.19. The Morgan fingerprint density at radius 1 is 1.37 bits per heavy atom. The molecular weight excluding hydrogens is 409 g/mol. The average Bonchev–Trinajstić information content (AvgIpc) is 3.42. The van der Waals surface area contributed by atoms with Gasteiger partial charge < -0.3 is 19.4 Å². The first-order chi connectivity index (χ1) is 14.7. The van der Waals surface area contributed by atoms with Gasteiger partial charge in [-0.15, -0.1) is 0 Å². The maximum atomic E-state index is 14.7. The zero-order chi connectivity index (χ0) is 20.9. The van der Waals surface area contributed by atoms with Crippen LogP contribution in [0.2, 0.25) is 0 Å². The second-order valence-electron chi connectivity index (χ2n) is 6.80. The standard InChI is InChI=1S/C20H20FN5O3S/c21-17-9-15(1-2-18(17)25-4-7-30-8-5-25)26-11-16(29-20(26)27)10-23-19(24-13-22)14-3-6-28-12-14/h1-3,6,9,12,16H,4-5,7-8,10-11H2,(H,23,24)/t16-/m0/s1. The van der Waals surface area contributed by atoms with Gasteiger partial charge in [-0.25, -0.2) is 9.18 Å². The van der Waals surface area contributed by atoms with Gasteiger partial charge in [0.1, 0.15) is 24.0 Å². The lowest BCUT2D eigenvalue weighted by molar-refractivity contribution is 0.143. The molecule has 30 heavy (non-hydrogen) atoms. The van der Waals surface area contributed by atoms with E-state index in [1.54, 1.807) is 24.4 Å². The van der Waals surface area contributed by atoms with Gasteiger partial charge in [0, 0.05) is 24.6 Å². The molecule has 2 aliphatic heterocycles. The van der Waals surface area contributed by atoms with Crippen molar-refractivity contribution in [1.82, 2.24) is 5.32 Å². The van der Waals surface area contributed by atoms with Gasteiger partial charge in [-0.05, 0) is 24.3 Å². The van der Waals surface area contributed by atoms with Gasteiger partial charge in [0.15, 0.2) is 0 Å². The topological polar surface area (TPSA) is 94.1 Å². The average molecular weight is 429 g/mol. The van der Waals surface area contributed by atoms with Gasteiger partial charge in [-0.3, -0.25) is 4.90 Å². The lowest BCUT2D eigenvalue weighted by Gasteiger charge is -2.29. The van der Waals surface area contributed by atoms with Crippen molar-refractivity contribution in [3.05, 3.63) is 48.2 Å². The summed E-state index contributed by atoms with van der Waals surface area (Å²) in [6.45, 7) is 2.13. The highest BCUT2D eigenvalue weighted by Gasteiger charge is 2.33. The molecule has 0 saturated carbocycles. The molecule has 1 amide bonds. The van der Waals surface area contributed by atoms with Crippen LogP contribution in [0.1, 0.15) is 5.56 Å². The molecular formula is C20H20FN5O3S. The number of thioether (sulfide) groups is 1. The summed E-state index contributed by atoms with van der Waals surface area (Å²) in [5.41, 5.74) is 1.63. The number of ether oxygens (including phenoxy) is 1. The summed E-state index contributed by atoms with van der Waals surface area (Å²) in [6.07, 6.45) is 3.65. The quantitative estimate of drug-likeness (QED) is 0.444. The maximum Gasteiger partial charge on any atom is 0.414 e. The maximum absolute atomic E-state index is 14.7. The molecule has 3 heterocycles. The van der Waals surface area contributed by atoms with Crippen LogP contribution in [0, 0.1) is 17.3 Å². The van der Waals surface area contributed by atoms with Crippen LogP contribution >= 0.6 is 11.8 Å². The zero-order valence-electron chi connectivity index (χ0n) is 16.1. The predicted octanol–water partition coefficient (Wildman–Crippen LogP) is 2.81. The predicted molar refractivity (Wildman–Crippen MR) is 112 cm³/mol. The Bertz CT molecular complexity index is 969. The molecule has 2 saturated heterocycles. The number of nitriles is 1. The number of hydrogen-bond acceptors (Lipinski definition) is 7. The van der Waals surface area contributed by atoms with Crippen LogP contribution in [-0.2, 0) is 4.74 Å². The second-order valence-corrected chi connectivity index (χ2v) is 8.03. The van der Waals surface area contributed by atoms with Crippen molar-refractivity contribution < 1.29 is 18.3 Å². The van der Waals surface area contributed by atoms with Crippen molar-refractivity contribution >= 4 is 35.1 Å². The van der Waals surface area contributed by atoms with Crippen LogP contribution in [-0.4, -0.2) is 55.7 Å². The SMILES string of the molecule is N#C/N=C(/NC[C@H]1CN(c2ccc(N3CCSCC3)c(F)c2)C(=O)O1)c1ccoc1. The fraction of sp³-hybridized carbons (Fsp3) is 0.350. The summed E-state index contributed by atoms with van der Waals surface area (Å²) in [7, 11) is 0. The molecule has 156 valence electrons. The van der Waals surface area contributed by atoms with Crippen LogP contribution in [0.5, 0.6) is 0 Å². The fourth-order valence-electron chi connectivity index (χ4n) is 3.43. The van der Waals surface area contributed by atoms with E-state index in [1.165, 1.54) is 23.5 Å². The van der Waals surface area contributed by atoms with Crippen LogP contribution in [0.25, 0.3) is 0 Å². The van der Waals surface area contributed by atoms with Crippen molar-refractivity contribution in [3.8, 4) is 6.19 Å². The number of cyclic esters (lactones) is 1. The minimum atomic E-state index is -0.537. The second kappa shape index (κ2) is 9.09. The summed E-state index contributed by atoms with van der Waals surface area (Å²) < 4.78 is 25.1. The van der Waals surface area contributed by atoms with Gasteiger partial charge in [-0.1, -0.05) is 0 Å². The van der Waals surface area contributed by atoms with E-state index in [0.717, 1.165) is 24.6 Å². The molecule has 2 fully saturated rings. The highest BCUT2D eigenvalue weighted by molar-refractivity contribution is 7.99. The zero-order valence-corrected chi connectivity index (χ0v) is 16.9. The van der Waals surface area contributed by atoms with E-state index in [0.29, 0.717) is 22.8 Å². The molecule has 0 radical (unpaired) electrons. The molecule has 1 N–H and O–H groups in total. The number of nitrogens with zero attached hydrogens (tertiary/aromatic N) is 4. The minimum absolute atomic E-state index is 0.250. The number of carbonyl (C=O) groups is 1. The Morgan fingerprint density at radius 2 is 2.20 bits per heavy atom. The van der Waals surface area contributed by atoms with Crippen molar-refractivity contribution in [2.45, 2.75) is 6.10 Å². The number of halogens is 1. The summed E-state index contributed by atoms with van der Waals surface area (Å²) >= 11 is 1.86. The summed E-state index contributed by atoms with van der Waals surface area (Å²) in [4.78, 5) is 19.5. The number of hydrogen-bond donors (Lipinski definition) is 1. The van der Waals surface area contributed by atoms with Crippen molar-refractivity contribution in [3.63, 3.8) is 0 Å². The highest BCUT2D eigenvalue weighted by atomic mass is 32.2. The van der Waals surface area contributed by atoms with E-state index in [4.69, 9.17) is 14.4 Å². The van der Waals surface area contributed by atoms with Gasteiger partial charge in [0.25, 0.3) is 0 Å². The number of anilines is 2. The largest absolute Gasteiger partial charge is 0.472 e. The minimum Gasteiger partial charge on any atom is -0.472 e. The van der Waals surface area contributed by atoms with E-state index in [-0.39, 0.29) is 18.9 Å². The number of benzene rings is 1. The monoisotopic (exact) mass is 429 g/mol. The summed E-state index contributed by atoms with van der Waals surface area (Å²) in [5, 5.41) is 11.9. The Labute approximate surface area is 177 Å². The van der Waals surface area contributed by atoms with Crippen molar-refractivity contribution in [2.75, 3.05) is 47.5 Å². The van der Waals surface area contributed by atoms with Gasteiger partial charge in [-0.2, -0.15) is 22.0 Å².